The predicted molar refractivity (Wildman–Crippen MR) is 73.4 cm³/mol. The molecule has 1 aliphatic heterocycles. The van der Waals surface area contributed by atoms with Crippen LogP contribution in [0.3, 0.4) is 0 Å². The van der Waals surface area contributed by atoms with Crippen LogP contribution in [0.25, 0.3) is 0 Å². The molecular formula is C14H23N3O4. The van der Waals surface area contributed by atoms with E-state index in [4.69, 9.17) is 14.0 Å². The Morgan fingerprint density at radius 2 is 2.14 bits per heavy atom. The van der Waals surface area contributed by atoms with Gasteiger partial charge in [-0.05, 0) is 25.9 Å². The molecule has 7 nitrogen and oxygen atoms in total. The third kappa shape index (κ3) is 2.70. The highest BCUT2D eigenvalue weighted by atomic mass is 16.5. The zero-order chi connectivity index (χ0) is 14.9. The van der Waals surface area contributed by atoms with Gasteiger partial charge in [-0.2, -0.15) is 4.98 Å². The van der Waals surface area contributed by atoms with Gasteiger partial charge in [0.05, 0.1) is 18.8 Å². The second-order valence-corrected chi connectivity index (χ2v) is 6.02. The van der Waals surface area contributed by atoms with Crippen molar-refractivity contribution in [3.63, 3.8) is 0 Å². The van der Waals surface area contributed by atoms with Crippen molar-refractivity contribution in [1.82, 2.24) is 15.0 Å². The molecule has 2 atom stereocenters. The second kappa shape index (κ2) is 6.00. The Morgan fingerprint density at radius 3 is 2.76 bits per heavy atom. The topological polar surface area (TPSA) is 80.9 Å². The second-order valence-electron chi connectivity index (χ2n) is 6.02. The summed E-state index contributed by atoms with van der Waals surface area (Å²) in [5, 5.41) is 14.0. The van der Waals surface area contributed by atoms with Crippen molar-refractivity contribution in [3.8, 4) is 0 Å². The van der Waals surface area contributed by atoms with Crippen LogP contribution < -0.4 is 0 Å². The van der Waals surface area contributed by atoms with Crippen molar-refractivity contribution >= 4 is 0 Å². The van der Waals surface area contributed by atoms with E-state index in [1.54, 1.807) is 14.2 Å². The maximum absolute atomic E-state index is 10.1. The minimum atomic E-state index is -0.221. The van der Waals surface area contributed by atoms with Crippen LogP contribution in [0.2, 0.25) is 0 Å². The molecule has 0 bridgehead atoms. The third-order valence-electron chi connectivity index (χ3n) is 4.96. The van der Waals surface area contributed by atoms with Crippen LogP contribution in [-0.4, -0.2) is 59.7 Å². The summed E-state index contributed by atoms with van der Waals surface area (Å²) in [5.41, 5.74) is -0.0404. The van der Waals surface area contributed by atoms with Crippen molar-refractivity contribution in [3.05, 3.63) is 11.7 Å². The maximum atomic E-state index is 10.1. The Hall–Kier alpha value is -1.02. The number of ether oxygens (including phenoxy) is 2. The molecule has 3 rings (SSSR count). The van der Waals surface area contributed by atoms with E-state index in [1.807, 2.05) is 0 Å². The summed E-state index contributed by atoms with van der Waals surface area (Å²) >= 11 is 0. The summed E-state index contributed by atoms with van der Waals surface area (Å²) < 4.78 is 15.7. The summed E-state index contributed by atoms with van der Waals surface area (Å²) in [4.78, 5) is 6.58. The Morgan fingerprint density at radius 1 is 1.38 bits per heavy atom. The first kappa shape index (κ1) is 14.9. The molecule has 1 saturated heterocycles. The van der Waals surface area contributed by atoms with E-state index in [1.165, 1.54) is 0 Å². The number of aliphatic hydroxyl groups is 1. The van der Waals surface area contributed by atoms with Crippen LogP contribution in [-0.2, 0) is 22.6 Å². The van der Waals surface area contributed by atoms with E-state index in [0.29, 0.717) is 24.9 Å². The molecule has 1 aliphatic carbocycles. The fraction of sp³-hybridized carbons (Fsp3) is 0.857. The van der Waals surface area contributed by atoms with Crippen LogP contribution in [0, 0.1) is 5.41 Å². The number of hydrogen-bond donors (Lipinski definition) is 1. The van der Waals surface area contributed by atoms with Gasteiger partial charge in [0.1, 0.15) is 6.61 Å². The first-order chi connectivity index (χ1) is 10.2. The van der Waals surface area contributed by atoms with E-state index in [0.717, 1.165) is 32.4 Å². The average molecular weight is 297 g/mol. The molecule has 0 unspecified atom stereocenters. The summed E-state index contributed by atoms with van der Waals surface area (Å²) in [5.74, 6) is 1.20. The Balaban J connectivity index is 1.53. The molecule has 2 aliphatic rings. The first-order valence-electron chi connectivity index (χ1n) is 7.41. The molecule has 1 spiro atoms. The summed E-state index contributed by atoms with van der Waals surface area (Å²) in [6.07, 6.45) is 2.64. The lowest BCUT2D eigenvalue weighted by molar-refractivity contribution is -0.202. The van der Waals surface area contributed by atoms with Gasteiger partial charge in [0.25, 0.3) is 0 Å². The Kier molecular flexibility index (Phi) is 4.26. The fourth-order valence-corrected chi connectivity index (χ4v) is 3.57. The van der Waals surface area contributed by atoms with E-state index in [-0.39, 0.29) is 17.6 Å². The van der Waals surface area contributed by atoms with Gasteiger partial charge in [0.15, 0.2) is 5.82 Å². The zero-order valence-corrected chi connectivity index (χ0v) is 12.6. The quantitative estimate of drug-likeness (QED) is 0.851. The third-order valence-corrected chi connectivity index (χ3v) is 4.96. The van der Waals surface area contributed by atoms with Crippen molar-refractivity contribution in [2.45, 2.75) is 44.6 Å². The fourth-order valence-electron chi connectivity index (χ4n) is 3.57. The van der Waals surface area contributed by atoms with Crippen molar-refractivity contribution in [1.29, 1.82) is 0 Å². The van der Waals surface area contributed by atoms with Gasteiger partial charge in [-0.1, -0.05) is 5.16 Å². The van der Waals surface area contributed by atoms with Gasteiger partial charge in [0.2, 0.25) is 5.89 Å². The van der Waals surface area contributed by atoms with Crippen molar-refractivity contribution in [2.75, 3.05) is 27.3 Å². The molecule has 1 N–H and O–H groups in total. The molecule has 2 heterocycles. The highest BCUT2D eigenvalue weighted by molar-refractivity contribution is 5.06. The number of hydrogen-bond acceptors (Lipinski definition) is 7. The number of nitrogens with zero attached hydrogens (tertiary/aromatic N) is 3. The highest BCUT2D eigenvalue weighted by Gasteiger charge is 2.55. The van der Waals surface area contributed by atoms with Gasteiger partial charge in [0, 0.05) is 26.1 Å². The Bertz CT molecular complexity index is 471. The van der Waals surface area contributed by atoms with E-state index in [9.17, 15) is 5.11 Å². The van der Waals surface area contributed by atoms with Crippen LogP contribution in [0.5, 0.6) is 0 Å². The number of rotatable bonds is 5. The van der Waals surface area contributed by atoms with Crippen LogP contribution in [0.1, 0.15) is 31.0 Å². The lowest BCUT2D eigenvalue weighted by Gasteiger charge is -2.56. The lowest BCUT2D eigenvalue weighted by Crippen LogP contribution is -2.61. The van der Waals surface area contributed by atoms with Gasteiger partial charge < -0.3 is 19.1 Å². The molecule has 21 heavy (non-hydrogen) atoms. The first-order valence-corrected chi connectivity index (χ1v) is 7.41. The number of aromatic nitrogens is 2. The summed E-state index contributed by atoms with van der Waals surface area (Å²) in [7, 11) is 3.34. The predicted octanol–water partition coefficient (Wildman–Crippen LogP) is 0.578. The maximum Gasteiger partial charge on any atom is 0.240 e. The van der Waals surface area contributed by atoms with Crippen LogP contribution in [0.15, 0.2) is 4.52 Å². The molecule has 7 heteroatoms. The lowest BCUT2D eigenvalue weighted by atomic mass is 9.58. The molecule has 2 fully saturated rings. The molecule has 1 saturated carbocycles. The zero-order valence-electron chi connectivity index (χ0n) is 12.6. The van der Waals surface area contributed by atoms with Gasteiger partial charge in [-0.15, -0.1) is 0 Å². The molecule has 1 aromatic rings. The summed E-state index contributed by atoms with van der Waals surface area (Å²) in [6, 6.07) is 0. The van der Waals surface area contributed by atoms with E-state index >= 15 is 0 Å². The van der Waals surface area contributed by atoms with E-state index < -0.39 is 0 Å². The van der Waals surface area contributed by atoms with Gasteiger partial charge in [-0.3, -0.25) is 4.90 Å². The molecular weight excluding hydrogens is 274 g/mol. The standard InChI is InChI=1S/C14H23N3O4/c1-19-9-12-15-13(21-16-12)8-17-5-3-14(4-6-17)10(18)7-11(14)20-2/h10-11,18H,3-9H2,1-2H3/t10-,11+/m1/s1. The minimum absolute atomic E-state index is 0.0404. The monoisotopic (exact) mass is 297 g/mol. The van der Waals surface area contributed by atoms with Crippen LogP contribution in [0.4, 0.5) is 0 Å². The molecule has 0 radical (unpaired) electrons. The smallest absolute Gasteiger partial charge is 0.240 e. The number of piperidine rings is 1. The van der Waals surface area contributed by atoms with E-state index in [2.05, 4.69) is 15.0 Å². The number of methoxy groups -OCH3 is 2. The average Bonchev–Trinajstić information content (AvgIpc) is 2.93. The minimum Gasteiger partial charge on any atom is -0.392 e. The number of aliphatic hydroxyl groups excluding tert-OH is 1. The molecule has 1 aromatic heterocycles. The van der Waals surface area contributed by atoms with Crippen LogP contribution >= 0.6 is 0 Å². The van der Waals surface area contributed by atoms with Crippen molar-refractivity contribution in [2.24, 2.45) is 5.41 Å². The van der Waals surface area contributed by atoms with Gasteiger partial charge >= 0.3 is 0 Å². The normalized spacial score (nSPS) is 28.7. The molecule has 118 valence electrons. The van der Waals surface area contributed by atoms with Gasteiger partial charge in [-0.25, -0.2) is 0 Å². The molecule has 0 aromatic carbocycles. The number of likely N-dealkylation sites (tertiary alicyclic amines) is 1. The molecule has 0 amide bonds. The summed E-state index contributed by atoms with van der Waals surface area (Å²) in [6.45, 7) is 2.85. The Labute approximate surface area is 124 Å². The highest BCUT2D eigenvalue weighted by Crippen LogP contribution is 2.50. The SMILES string of the molecule is COCc1noc(CN2CCC3(CC2)[C@H](O)C[C@@H]3OC)n1. The van der Waals surface area contributed by atoms with Crippen molar-refractivity contribution < 1.29 is 19.1 Å². The largest absolute Gasteiger partial charge is 0.392 e.